The van der Waals surface area contributed by atoms with E-state index in [-0.39, 0.29) is 17.6 Å². The first-order valence-corrected chi connectivity index (χ1v) is 8.37. The number of benzene rings is 1. The lowest BCUT2D eigenvalue weighted by atomic mass is 9.74. The largest absolute Gasteiger partial charge is 0.385 e. The fourth-order valence-electron chi connectivity index (χ4n) is 3.45. The lowest BCUT2D eigenvalue weighted by molar-refractivity contribution is -0.119. The van der Waals surface area contributed by atoms with Gasteiger partial charge in [-0.1, -0.05) is 6.07 Å². The molecule has 1 amide bonds. The topological polar surface area (TPSA) is 61.4 Å². The Balaban J connectivity index is 2.20. The quantitative estimate of drug-likeness (QED) is 0.704. The van der Waals surface area contributed by atoms with Crippen molar-refractivity contribution in [2.45, 2.75) is 45.1 Å². The van der Waals surface area contributed by atoms with Crippen molar-refractivity contribution >= 4 is 5.91 Å². The number of rotatable bonds is 6. The molecule has 0 aromatic heterocycles. The molecule has 1 aliphatic rings. The lowest BCUT2D eigenvalue weighted by Gasteiger charge is -2.39. The van der Waals surface area contributed by atoms with Crippen molar-refractivity contribution in [3.63, 3.8) is 0 Å². The molecule has 1 heterocycles. The number of halogens is 1. The predicted molar refractivity (Wildman–Crippen MR) is 88.5 cm³/mol. The average Bonchev–Trinajstić information content (AvgIpc) is 2.51. The molecule has 3 N–H and O–H groups in total. The van der Waals surface area contributed by atoms with Crippen LogP contribution in [0.5, 0.6) is 0 Å². The molecule has 5 heteroatoms. The molecule has 1 aromatic rings. The van der Waals surface area contributed by atoms with Crippen LogP contribution in [0.15, 0.2) is 18.2 Å². The molecule has 4 nitrogen and oxygen atoms in total. The Morgan fingerprint density at radius 3 is 2.87 bits per heavy atom. The van der Waals surface area contributed by atoms with Crippen molar-refractivity contribution in [3.8, 4) is 0 Å². The van der Waals surface area contributed by atoms with Crippen LogP contribution >= 0.6 is 0 Å². The molecule has 1 aromatic carbocycles. The molecule has 1 saturated heterocycles. The number of carbonyl (C=O) groups is 1. The first kappa shape index (κ1) is 17.9. The second kappa shape index (κ2) is 7.88. The molecule has 2 rings (SSSR count). The van der Waals surface area contributed by atoms with Gasteiger partial charge in [-0.25, -0.2) is 4.39 Å². The zero-order chi connectivity index (χ0) is 16.9. The minimum atomic E-state index is -1.07. The number of amides is 1. The Bertz CT molecular complexity index is 524. The van der Waals surface area contributed by atoms with Gasteiger partial charge >= 0.3 is 0 Å². The van der Waals surface area contributed by atoms with Gasteiger partial charge < -0.3 is 15.7 Å². The first-order chi connectivity index (χ1) is 10.9. The molecule has 0 bridgehead atoms. The Hall–Kier alpha value is -1.46. The smallest absolute Gasteiger partial charge is 0.216 e. The molecule has 23 heavy (non-hydrogen) atoms. The van der Waals surface area contributed by atoms with Gasteiger partial charge in [0.1, 0.15) is 5.82 Å². The summed E-state index contributed by atoms with van der Waals surface area (Å²) in [7, 11) is 0. The molecule has 128 valence electrons. The van der Waals surface area contributed by atoms with Gasteiger partial charge in [-0.15, -0.1) is 0 Å². The highest BCUT2D eigenvalue weighted by Gasteiger charge is 2.38. The molecule has 1 fully saturated rings. The van der Waals surface area contributed by atoms with Crippen LogP contribution in [0.25, 0.3) is 0 Å². The average molecular weight is 322 g/mol. The third kappa shape index (κ3) is 4.75. The zero-order valence-corrected chi connectivity index (χ0v) is 14.0. The summed E-state index contributed by atoms with van der Waals surface area (Å²) in [5.41, 5.74) is 0.384. The van der Waals surface area contributed by atoms with E-state index in [2.05, 4.69) is 10.6 Å². The van der Waals surface area contributed by atoms with Crippen LogP contribution < -0.4 is 10.6 Å². The van der Waals surface area contributed by atoms with E-state index in [1.165, 1.54) is 19.1 Å². The summed E-state index contributed by atoms with van der Waals surface area (Å²) < 4.78 is 13.8. The van der Waals surface area contributed by atoms with Gasteiger partial charge in [-0.2, -0.15) is 0 Å². The van der Waals surface area contributed by atoms with E-state index >= 15 is 0 Å². The number of carbonyl (C=O) groups excluding carboxylic acids is 1. The number of piperidine rings is 1. The van der Waals surface area contributed by atoms with Crippen molar-refractivity contribution in [1.29, 1.82) is 0 Å². The van der Waals surface area contributed by atoms with E-state index in [9.17, 15) is 14.3 Å². The van der Waals surface area contributed by atoms with Gasteiger partial charge in [0.15, 0.2) is 0 Å². The summed E-state index contributed by atoms with van der Waals surface area (Å²) in [5, 5.41) is 17.5. The molecule has 0 radical (unpaired) electrons. The Morgan fingerprint density at radius 1 is 1.48 bits per heavy atom. The van der Waals surface area contributed by atoms with Crippen LogP contribution in [0, 0.1) is 18.7 Å². The maximum atomic E-state index is 13.8. The normalized spacial score (nSPS) is 20.8. The maximum absolute atomic E-state index is 13.8. The fraction of sp³-hybridized carbons (Fsp3) is 0.611. The summed E-state index contributed by atoms with van der Waals surface area (Å²) >= 11 is 0. The number of hydrogen-bond donors (Lipinski definition) is 3. The Kier molecular flexibility index (Phi) is 6.13. The van der Waals surface area contributed by atoms with Crippen LogP contribution in [0.1, 0.15) is 43.7 Å². The number of aliphatic hydroxyl groups is 1. The van der Waals surface area contributed by atoms with E-state index < -0.39 is 5.60 Å². The molecule has 1 aliphatic heterocycles. The summed E-state index contributed by atoms with van der Waals surface area (Å²) in [6, 6.07) is 4.79. The van der Waals surface area contributed by atoms with Crippen molar-refractivity contribution in [1.82, 2.24) is 10.6 Å². The van der Waals surface area contributed by atoms with E-state index in [1.54, 1.807) is 0 Å². The zero-order valence-electron chi connectivity index (χ0n) is 14.0. The van der Waals surface area contributed by atoms with Crippen LogP contribution in [0.2, 0.25) is 0 Å². The van der Waals surface area contributed by atoms with Gasteiger partial charge in [-0.05, 0) is 62.4 Å². The molecule has 2 atom stereocenters. The number of aryl methyl sites for hydroxylation is 1. The third-order valence-corrected chi connectivity index (χ3v) is 4.62. The second-order valence-electron chi connectivity index (χ2n) is 6.57. The first-order valence-electron chi connectivity index (χ1n) is 8.37. The highest BCUT2D eigenvalue weighted by Crippen LogP contribution is 2.38. The molecule has 0 saturated carbocycles. The van der Waals surface area contributed by atoms with Gasteiger partial charge in [-0.3, -0.25) is 4.79 Å². The number of hydrogen-bond acceptors (Lipinski definition) is 3. The molecule has 2 unspecified atom stereocenters. The Labute approximate surface area is 137 Å². The third-order valence-electron chi connectivity index (χ3n) is 4.62. The number of nitrogens with one attached hydrogen (secondary N) is 2. The second-order valence-corrected chi connectivity index (χ2v) is 6.57. The summed E-state index contributed by atoms with van der Waals surface area (Å²) in [6.45, 7) is 5.52. The summed E-state index contributed by atoms with van der Waals surface area (Å²) in [4.78, 5) is 11.0. The van der Waals surface area contributed by atoms with E-state index in [0.717, 1.165) is 31.5 Å². The van der Waals surface area contributed by atoms with E-state index in [0.29, 0.717) is 24.9 Å². The highest BCUT2D eigenvalue weighted by atomic mass is 19.1. The summed E-state index contributed by atoms with van der Waals surface area (Å²) in [5.74, 6) is -0.340. The van der Waals surface area contributed by atoms with Crippen molar-refractivity contribution in [2.75, 3.05) is 19.6 Å². The van der Waals surface area contributed by atoms with E-state index in [1.807, 2.05) is 13.0 Å². The minimum Gasteiger partial charge on any atom is -0.385 e. The van der Waals surface area contributed by atoms with Gasteiger partial charge in [0.25, 0.3) is 0 Å². The fourth-order valence-corrected chi connectivity index (χ4v) is 3.45. The van der Waals surface area contributed by atoms with Crippen molar-refractivity contribution < 1.29 is 14.3 Å². The van der Waals surface area contributed by atoms with Crippen LogP contribution in [-0.2, 0) is 10.4 Å². The van der Waals surface area contributed by atoms with Gasteiger partial charge in [0, 0.05) is 25.9 Å². The van der Waals surface area contributed by atoms with Gasteiger partial charge in [0.2, 0.25) is 5.91 Å². The molecular formula is C18H27FN2O2. The van der Waals surface area contributed by atoms with E-state index in [4.69, 9.17) is 0 Å². The maximum Gasteiger partial charge on any atom is 0.216 e. The monoisotopic (exact) mass is 322 g/mol. The van der Waals surface area contributed by atoms with Crippen molar-refractivity contribution in [2.24, 2.45) is 5.92 Å². The predicted octanol–water partition coefficient (Wildman–Crippen LogP) is 2.24. The summed E-state index contributed by atoms with van der Waals surface area (Å²) in [6.07, 6.45) is 3.08. The highest BCUT2D eigenvalue weighted by molar-refractivity contribution is 5.72. The molecule has 0 aliphatic carbocycles. The standard InChI is InChI=1S/C18H27FN2O2/c1-13-9-16(11-17(19)10-13)18(23,6-4-8-21-14(2)22)15-5-3-7-20-12-15/h9-11,15,20,23H,3-8,12H2,1-2H3,(H,21,22). The van der Waals surface area contributed by atoms with Gasteiger partial charge in [0.05, 0.1) is 5.60 Å². The lowest BCUT2D eigenvalue weighted by Crippen LogP contribution is -2.44. The Morgan fingerprint density at radius 2 is 2.26 bits per heavy atom. The van der Waals surface area contributed by atoms with Crippen LogP contribution in [0.4, 0.5) is 4.39 Å². The van der Waals surface area contributed by atoms with Crippen LogP contribution in [-0.4, -0.2) is 30.6 Å². The molecule has 0 spiro atoms. The van der Waals surface area contributed by atoms with Crippen molar-refractivity contribution in [3.05, 3.63) is 35.1 Å². The van der Waals surface area contributed by atoms with Crippen LogP contribution in [0.3, 0.4) is 0 Å². The molecular weight excluding hydrogens is 295 g/mol. The SMILES string of the molecule is CC(=O)NCCCC(O)(c1cc(C)cc(F)c1)C1CCCNC1. The minimum absolute atomic E-state index is 0.0507.